The topological polar surface area (TPSA) is 83.3 Å². The van der Waals surface area contributed by atoms with Crippen LogP contribution in [0.15, 0.2) is 29.0 Å². The van der Waals surface area contributed by atoms with E-state index < -0.39 is 0 Å². The summed E-state index contributed by atoms with van der Waals surface area (Å²) in [5.41, 5.74) is 1.18. The molecule has 0 unspecified atom stereocenters. The molecule has 2 N–H and O–H groups in total. The van der Waals surface area contributed by atoms with Crippen molar-refractivity contribution in [2.24, 2.45) is 0 Å². The molecular formula is C14H19N5O2. The van der Waals surface area contributed by atoms with Gasteiger partial charge in [0.25, 0.3) is 5.91 Å². The molecule has 1 amide bonds. The lowest BCUT2D eigenvalue weighted by atomic mass is 10.2. The zero-order valence-electron chi connectivity index (χ0n) is 12.4. The molecule has 2 aromatic heterocycles. The molecule has 0 spiro atoms. The van der Waals surface area contributed by atoms with Crippen LogP contribution in [0.2, 0.25) is 0 Å². The SMILES string of the molecule is Cc1cc(Nc2cncc(C(=O)NCCN(C)C)c2)no1. The van der Waals surface area contributed by atoms with Crippen LogP contribution in [-0.2, 0) is 0 Å². The van der Waals surface area contributed by atoms with Gasteiger partial charge in [0.1, 0.15) is 5.76 Å². The van der Waals surface area contributed by atoms with Crippen LogP contribution in [-0.4, -0.2) is 48.1 Å². The second-order valence-corrected chi connectivity index (χ2v) is 4.97. The van der Waals surface area contributed by atoms with Crippen LogP contribution in [0.1, 0.15) is 16.1 Å². The van der Waals surface area contributed by atoms with Crippen molar-refractivity contribution in [2.75, 3.05) is 32.5 Å². The predicted octanol–water partition coefficient (Wildman–Crippen LogP) is 1.41. The van der Waals surface area contributed by atoms with Crippen LogP contribution in [0.25, 0.3) is 0 Å². The van der Waals surface area contributed by atoms with Gasteiger partial charge in [-0.05, 0) is 27.1 Å². The zero-order valence-corrected chi connectivity index (χ0v) is 12.4. The highest BCUT2D eigenvalue weighted by Crippen LogP contribution is 2.16. The highest BCUT2D eigenvalue weighted by atomic mass is 16.5. The van der Waals surface area contributed by atoms with Gasteiger partial charge < -0.3 is 20.1 Å². The summed E-state index contributed by atoms with van der Waals surface area (Å²) in [6.45, 7) is 3.19. The normalized spacial score (nSPS) is 10.7. The molecule has 0 saturated heterocycles. The zero-order chi connectivity index (χ0) is 15.2. The van der Waals surface area contributed by atoms with Crippen LogP contribution in [0.5, 0.6) is 0 Å². The number of amides is 1. The predicted molar refractivity (Wildman–Crippen MR) is 79.6 cm³/mol. The monoisotopic (exact) mass is 289 g/mol. The fourth-order valence-electron chi connectivity index (χ4n) is 1.70. The number of anilines is 2. The van der Waals surface area contributed by atoms with Crippen LogP contribution < -0.4 is 10.6 Å². The van der Waals surface area contributed by atoms with E-state index in [-0.39, 0.29) is 5.91 Å². The van der Waals surface area contributed by atoms with Gasteiger partial charge in [-0.2, -0.15) is 0 Å². The number of carbonyl (C=O) groups is 1. The molecule has 0 aliphatic carbocycles. The first-order valence-electron chi connectivity index (χ1n) is 6.63. The number of nitrogens with zero attached hydrogens (tertiary/aromatic N) is 3. The molecule has 0 aliphatic rings. The maximum atomic E-state index is 12.0. The van der Waals surface area contributed by atoms with Crippen molar-refractivity contribution in [3.05, 3.63) is 35.9 Å². The second kappa shape index (κ2) is 6.85. The standard InChI is InChI=1S/C14H19N5O2/c1-10-6-13(18-21-10)17-12-7-11(8-15-9-12)14(20)16-4-5-19(2)3/h6-9H,4-5H2,1-3H3,(H,16,20)(H,17,18). The Morgan fingerprint density at radius 1 is 1.33 bits per heavy atom. The Morgan fingerprint density at radius 3 is 2.81 bits per heavy atom. The lowest BCUT2D eigenvalue weighted by Gasteiger charge is -2.10. The van der Waals surface area contributed by atoms with E-state index in [2.05, 4.69) is 20.8 Å². The quantitative estimate of drug-likeness (QED) is 0.836. The Bertz CT molecular complexity index is 609. The van der Waals surface area contributed by atoms with Gasteiger partial charge >= 0.3 is 0 Å². The Labute approximate surface area is 123 Å². The summed E-state index contributed by atoms with van der Waals surface area (Å²) in [6, 6.07) is 3.49. The van der Waals surface area contributed by atoms with Crippen LogP contribution in [0.4, 0.5) is 11.5 Å². The van der Waals surface area contributed by atoms with Crippen molar-refractivity contribution in [3.63, 3.8) is 0 Å². The van der Waals surface area contributed by atoms with E-state index in [1.807, 2.05) is 25.9 Å². The van der Waals surface area contributed by atoms with E-state index in [0.29, 0.717) is 29.4 Å². The van der Waals surface area contributed by atoms with Crippen molar-refractivity contribution in [3.8, 4) is 0 Å². The van der Waals surface area contributed by atoms with Gasteiger partial charge in [0.2, 0.25) is 0 Å². The van der Waals surface area contributed by atoms with Gasteiger partial charge in [0.15, 0.2) is 5.82 Å². The van der Waals surface area contributed by atoms with Crippen molar-refractivity contribution < 1.29 is 9.32 Å². The molecule has 112 valence electrons. The van der Waals surface area contributed by atoms with Gasteiger partial charge in [0.05, 0.1) is 17.4 Å². The molecule has 2 heterocycles. The molecule has 7 nitrogen and oxygen atoms in total. The van der Waals surface area contributed by atoms with Gasteiger partial charge in [-0.15, -0.1) is 0 Å². The number of rotatable bonds is 6. The van der Waals surface area contributed by atoms with E-state index in [0.717, 1.165) is 6.54 Å². The van der Waals surface area contributed by atoms with E-state index in [9.17, 15) is 4.79 Å². The summed E-state index contributed by atoms with van der Waals surface area (Å²) in [6.07, 6.45) is 3.16. The van der Waals surface area contributed by atoms with Gasteiger partial charge in [0, 0.05) is 25.4 Å². The minimum atomic E-state index is -0.149. The average Bonchev–Trinajstić information content (AvgIpc) is 2.84. The molecule has 0 aromatic carbocycles. The summed E-state index contributed by atoms with van der Waals surface area (Å²) in [5, 5.41) is 9.72. The smallest absolute Gasteiger partial charge is 0.252 e. The van der Waals surface area contributed by atoms with E-state index >= 15 is 0 Å². The van der Waals surface area contributed by atoms with E-state index in [1.165, 1.54) is 6.20 Å². The second-order valence-electron chi connectivity index (χ2n) is 4.97. The number of nitrogens with one attached hydrogen (secondary N) is 2. The largest absolute Gasteiger partial charge is 0.360 e. The van der Waals surface area contributed by atoms with Crippen LogP contribution in [0, 0.1) is 6.92 Å². The third-order valence-electron chi connectivity index (χ3n) is 2.75. The van der Waals surface area contributed by atoms with Crippen molar-refractivity contribution in [1.82, 2.24) is 20.4 Å². The number of hydrogen-bond acceptors (Lipinski definition) is 6. The fourth-order valence-corrected chi connectivity index (χ4v) is 1.70. The number of likely N-dealkylation sites (N-methyl/N-ethyl adjacent to an activating group) is 1. The lowest BCUT2D eigenvalue weighted by molar-refractivity contribution is 0.0950. The van der Waals surface area contributed by atoms with Crippen molar-refractivity contribution in [2.45, 2.75) is 6.92 Å². The third-order valence-corrected chi connectivity index (χ3v) is 2.75. The summed E-state index contributed by atoms with van der Waals surface area (Å²) >= 11 is 0. The molecule has 0 aliphatic heterocycles. The number of aromatic nitrogens is 2. The maximum absolute atomic E-state index is 12.0. The third kappa shape index (κ3) is 4.57. The van der Waals surface area contributed by atoms with Crippen LogP contribution >= 0.6 is 0 Å². The molecule has 7 heteroatoms. The highest BCUT2D eigenvalue weighted by Gasteiger charge is 2.08. The maximum Gasteiger partial charge on any atom is 0.252 e. The Morgan fingerprint density at radius 2 is 2.14 bits per heavy atom. The number of carbonyl (C=O) groups excluding carboxylic acids is 1. The van der Waals surface area contributed by atoms with E-state index in [1.54, 1.807) is 18.3 Å². The minimum Gasteiger partial charge on any atom is -0.360 e. The number of pyridine rings is 1. The number of hydrogen-bond donors (Lipinski definition) is 2. The molecule has 0 atom stereocenters. The van der Waals surface area contributed by atoms with Crippen molar-refractivity contribution in [1.29, 1.82) is 0 Å². The number of aryl methyl sites for hydroxylation is 1. The molecular weight excluding hydrogens is 270 g/mol. The molecule has 2 aromatic rings. The van der Waals surface area contributed by atoms with Gasteiger partial charge in [-0.3, -0.25) is 9.78 Å². The first-order chi connectivity index (χ1) is 10.0. The van der Waals surface area contributed by atoms with Crippen LogP contribution in [0.3, 0.4) is 0 Å². The van der Waals surface area contributed by atoms with Gasteiger partial charge in [-0.1, -0.05) is 5.16 Å². The summed E-state index contributed by atoms with van der Waals surface area (Å²) < 4.78 is 4.97. The Kier molecular flexibility index (Phi) is 4.89. The molecule has 0 bridgehead atoms. The highest BCUT2D eigenvalue weighted by molar-refractivity contribution is 5.94. The molecule has 21 heavy (non-hydrogen) atoms. The summed E-state index contributed by atoms with van der Waals surface area (Å²) in [5.74, 6) is 1.15. The molecule has 0 radical (unpaired) electrons. The lowest BCUT2D eigenvalue weighted by Crippen LogP contribution is -2.31. The van der Waals surface area contributed by atoms with E-state index in [4.69, 9.17) is 4.52 Å². The molecule has 0 saturated carbocycles. The van der Waals surface area contributed by atoms with Gasteiger partial charge in [-0.25, -0.2) is 0 Å². The first kappa shape index (κ1) is 15.0. The molecule has 2 rings (SSSR count). The minimum absolute atomic E-state index is 0.149. The summed E-state index contributed by atoms with van der Waals surface area (Å²) in [4.78, 5) is 18.1. The van der Waals surface area contributed by atoms with Crippen molar-refractivity contribution >= 4 is 17.4 Å². The summed E-state index contributed by atoms with van der Waals surface area (Å²) in [7, 11) is 3.91. The Hall–Kier alpha value is -2.41. The first-order valence-corrected chi connectivity index (χ1v) is 6.63. The fraction of sp³-hybridized carbons (Fsp3) is 0.357. The molecule has 0 fully saturated rings. The average molecular weight is 289 g/mol. The Balaban J connectivity index is 1.98.